The number of hydrogen-bond donors (Lipinski definition) is 1. The summed E-state index contributed by atoms with van der Waals surface area (Å²) in [4.78, 5) is 2.47. The molecule has 1 aliphatic heterocycles. The molecule has 112 valence electrons. The first-order valence-corrected chi connectivity index (χ1v) is 8.28. The molecule has 1 aliphatic rings. The van der Waals surface area contributed by atoms with Crippen molar-refractivity contribution in [3.63, 3.8) is 0 Å². The summed E-state index contributed by atoms with van der Waals surface area (Å²) in [7, 11) is 2.01. The fourth-order valence-corrected chi connectivity index (χ4v) is 3.19. The molecule has 1 saturated heterocycles. The van der Waals surface area contributed by atoms with Crippen molar-refractivity contribution >= 4 is 21.6 Å². The van der Waals surface area contributed by atoms with Gasteiger partial charge in [-0.3, -0.25) is 0 Å². The number of nitrogens with zero attached hydrogens (tertiary/aromatic N) is 1. The highest BCUT2D eigenvalue weighted by Gasteiger charge is 2.23. The molecule has 1 fully saturated rings. The molecule has 4 heteroatoms. The monoisotopic (exact) mass is 340 g/mol. The average molecular weight is 341 g/mol. The Morgan fingerprint density at radius 1 is 1.50 bits per heavy atom. The van der Waals surface area contributed by atoms with Crippen molar-refractivity contribution < 1.29 is 4.74 Å². The Labute approximate surface area is 130 Å². The predicted molar refractivity (Wildman–Crippen MR) is 88.5 cm³/mol. The minimum atomic E-state index is 0.352. The van der Waals surface area contributed by atoms with Crippen LogP contribution in [0.1, 0.15) is 38.3 Å². The Hall–Kier alpha value is -0.580. The number of ether oxygens (including phenoxy) is 1. The second-order valence-electron chi connectivity index (χ2n) is 5.38. The Kier molecular flexibility index (Phi) is 5.87. The topological polar surface area (TPSA) is 24.5 Å². The minimum Gasteiger partial charge on any atom is -0.377 e. The second kappa shape index (κ2) is 7.43. The fraction of sp³-hybridized carbons (Fsp3) is 0.625. The third kappa shape index (κ3) is 3.74. The summed E-state index contributed by atoms with van der Waals surface area (Å²) in [6.07, 6.45) is 2.74. The van der Waals surface area contributed by atoms with E-state index in [1.807, 2.05) is 7.05 Å². The number of hydrogen-bond acceptors (Lipinski definition) is 3. The van der Waals surface area contributed by atoms with Gasteiger partial charge in [-0.25, -0.2) is 0 Å². The maximum Gasteiger partial charge on any atom is 0.0750 e. The van der Waals surface area contributed by atoms with Gasteiger partial charge in [-0.15, -0.1) is 0 Å². The van der Waals surface area contributed by atoms with Crippen molar-refractivity contribution in [2.45, 2.75) is 38.8 Å². The lowest BCUT2D eigenvalue weighted by Crippen LogP contribution is -2.40. The van der Waals surface area contributed by atoms with Gasteiger partial charge < -0.3 is 15.0 Å². The molecule has 0 aliphatic carbocycles. The highest BCUT2D eigenvalue weighted by atomic mass is 79.9. The van der Waals surface area contributed by atoms with Crippen LogP contribution in [0.2, 0.25) is 0 Å². The van der Waals surface area contributed by atoms with E-state index in [0.29, 0.717) is 12.1 Å². The molecule has 2 rings (SSSR count). The lowest BCUT2D eigenvalue weighted by Gasteiger charge is -2.36. The van der Waals surface area contributed by atoms with Crippen molar-refractivity contribution in [3.05, 3.63) is 28.2 Å². The number of benzene rings is 1. The van der Waals surface area contributed by atoms with Crippen LogP contribution in [0, 0.1) is 0 Å². The molecule has 3 nitrogen and oxygen atoms in total. The Balaban J connectivity index is 2.23. The van der Waals surface area contributed by atoms with Gasteiger partial charge in [0.05, 0.1) is 6.10 Å². The summed E-state index contributed by atoms with van der Waals surface area (Å²) >= 11 is 3.60. The number of halogens is 1. The summed E-state index contributed by atoms with van der Waals surface area (Å²) in [6.45, 7) is 7.19. The Morgan fingerprint density at radius 3 is 3.00 bits per heavy atom. The zero-order chi connectivity index (χ0) is 14.5. The number of nitrogens with one attached hydrogen (secondary N) is 1. The third-order valence-electron chi connectivity index (χ3n) is 4.01. The molecule has 1 aromatic carbocycles. The van der Waals surface area contributed by atoms with Crippen molar-refractivity contribution in [2.75, 3.05) is 31.6 Å². The Morgan fingerprint density at radius 2 is 2.30 bits per heavy atom. The van der Waals surface area contributed by atoms with Crippen molar-refractivity contribution in [3.8, 4) is 0 Å². The van der Waals surface area contributed by atoms with Gasteiger partial charge in [0, 0.05) is 35.9 Å². The maximum atomic E-state index is 5.82. The van der Waals surface area contributed by atoms with E-state index in [9.17, 15) is 0 Å². The van der Waals surface area contributed by atoms with E-state index in [-0.39, 0.29) is 0 Å². The first-order valence-electron chi connectivity index (χ1n) is 7.49. The Bertz CT molecular complexity index is 436. The van der Waals surface area contributed by atoms with Crippen LogP contribution < -0.4 is 10.2 Å². The molecule has 0 saturated carbocycles. The first kappa shape index (κ1) is 15.8. The van der Waals surface area contributed by atoms with E-state index in [2.05, 4.69) is 58.2 Å². The molecule has 0 aromatic heterocycles. The summed E-state index contributed by atoms with van der Waals surface area (Å²) < 4.78 is 6.96. The van der Waals surface area contributed by atoms with Crippen LogP contribution >= 0.6 is 15.9 Å². The second-order valence-corrected chi connectivity index (χ2v) is 6.29. The van der Waals surface area contributed by atoms with Gasteiger partial charge in [-0.1, -0.05) is 22.0 Å². The highest BCUT2D eigenvalue weighted by molar-refractivity contribution is 9.10. The lowest BCUT2D eigenvalue weighted by atomic mass is 10.0. The van der Waals surface area contributed by atoms with E-state index in [1.165, 1.54) is 24.1 Å². The standard InChI is InChI=1S/C16H25BrN2O/c1-4-20-14-6-5-9-19(11-14)16-10-13(17)7-8-15(16)12(2)18-3/h7-8,10,12,14,18H,4-6,9,11H2,1-3H3. The molecule has 1 heterocycles. The van der Waals surface area contributed by atoms with Gasteiger partial charge >= 0.3 is 0 Å². The molecule has 0 radical (unpaired) electrons. The van der Waals surface area contributed by atoms with Crippen LogP contribution in [0.25, 0.3) is 0 Å². The molecule has 2 unspecified atom stereocenters. The summed E-state index contributed by atoms with van der Waals surface area (Å²) in [5.41, 5.74) is 2.68. The highest BCUT2D eigenvalue weighted by Crippen LogP contribution is 2.31. The molecule has 1 N–H and O–H groups in total. The fourth-order valence-electron chi connectivity index (χ4n) is 2.84. The molecular weight excluding hydrogens is 316 g/mol. The largest absolute Gasteiger partial charge is 0.377 e. The van der Waals surface area contributed by atoms with Crippen LogP contribution in [0.5, 0.6) is 0 Å². The van der Waals surface area contributed by atoms with Gasteiger partial charge in [0.2, 0.25) is 0 Å². The van der Waals surface area contributed by atoms with Crippen LogP contribution in [-0.4, -0.2) is 32.8 Å². The zero-order valence-corrected chi connectivity index (χ0v) is 14.2. The van der Waals surface area contributed by atoms with Crippen LogP contribution in [0.4, 0.5) is 5.69 Å². The van der Waals surface area contributed by atoms with Crippen LogP contribution in [0.15, 0.2) is 22.7 Å². The zero-order valence-electron chi connectivity index (χ0n) is 12.7. The quantitative estimate of drug-likeness (QED) is 0.883. The summed E-state index contributed by atoms with van der Waals surface area (Å²) in [5.74, 6) is 0. The van der Waals surface area contributed by atoms with E-state index in [0.717, 1.165) is 24.2 Å². The molecular formula is C16H25BrN2O. The molecule has 1 aromatic rings. The van der Waals surface area contributed by atoms with Crippen molar-refractivity contribution in [2.24, 2.45) is 0 Å². The third-order valence-corrected chi connectivity index (χ3v) is 4.51. The predicted octanol–water partition coefficient (Wildman–Crippen LogP) is 3.73. The van der Waals surface area contributed by atoms with Gasteiger partial charge in [-0.05, 0) is 51.4 Å². The molecule has 0 spiro atoms. The van der Waals surface area contributed by atoms with E-state index < -0.39 is 0 Å². The number of rotatable bonds is 5. The average Bonchev–Trinajstić information content (AvgIpc) is 2.47. The lowest BCUT2D eigenvalue weighted by molar-refractivity contribution is 0.0526. The smallest absolute Gasteiger partial charge is 0.0750 e. The van der Waals surface area contributed by atoms with Crippen LogP contribution in [0.3, 0.4) is 0 Å². The first-order chi connectivity index (χ1) is 9.65. The van der Waals surface area contributed by atoms with Gasteiger partial charge in [-0.2, -0.15) is 0 Å². The minimum absolute atomic E-state index is 0.352. The van der Waals surface area contributed by atoms with Crippen molar-refractivity contribution in [1.82, 2.24) is 5.32 Å². The van der Waals surface area contributed by atoms with Crippen LogP contribution in [-0.2, 0) is 4.74 Å². The molecule has 20 heavy (non-hydrogen) atoms. The van der Waals surface area contributed by atoms with E-state index in [4.69, 9.17) is 4.74 Å². The normalized spacial score (nSPS) is 21.0. The number of piperidine rings is 1. The van der Waals surface area contributed by atoms with Gasteiger partial charge in [0.1, 0.15) is 0 Å². The number of anilines is 1. The van der Waals surface area contributed by atoms with E-state index >= 15 is 0 Å². The van der Waals surface area contributed by atoms with E-state index in [1.54, 1.807) is 0 Å². The van der Waals surface area contributed by atoms with Gasteiger partial charge in [0.25, 0.3) is 0 Å². The molecule has 2 atom stereocenters. The van der Waals surface area contributed by atoms with Crippen molar-refractivity contribution in [1.29, 1.82) is 0 Å². The molecule has 0 amide bonds. The summed E-state index contributed by atoms with van der Waals surface area (Å²) in [5, 5.41) is 3.34. The van der Waals surface area contributed by atoms with Gasteiger partial charge in [0.15, 0.2) is 0 Å². The maximum absolute atomic E-state index is 5.82. The SMILES string of the molecule is CCOC1CCCN(c2cc(Br)ccc2C(C)NC)C1. The summed E-state index contributed by atoms with van der Waals surface area (Å²) in [6, 6.07) is 6.92. The molecule has 0 bridgehead atoms.